The number of carboxylic acids is 1. The molecule has 2 N–H and O–H groups in total. The Balaban J connectivity index is 0.00000243. The van der Waals surface area contributed by atoms with Crippen molar-refractivity contribution < 1.29 is 44.3 Å². The van der Waals surface area contributed by atoms with Crippen molar-refractivity contribution in [3.8, 4) is 11.1 Å². The first-order chi connectivity index (χ1) is 12.1. The number of carboxylic acid groups (broad SMARTS) is 1. The summed E-state index contributed by atoms with van der Waals surface area (Å²) in [5.41, 5.74) is 9.42. The van der Waals surface area contributed by atoms with Crippen LogP contribution in [-0.4, -0.2) is 11.8 Å². The molecule has 0 aliphatic carbocycles. The number of ketones is 1. The summed E-state index contributed by atoms with van der Waals surface area (Å²) in [7, 11) is 0. The van der Waals surface area contributed by atoms with Gasteiger partial charge in [0.2, 0.25) is 0 Å². The molecular weight excluding hydrogens is 337 g/mol. The van der Waals surface area contributed by atoms with Crippen molar-refractivity contribution in [1.29, 1.82) is 0 Å². The van der Waals surface area contributed by atoms with Crippen LogP contribution < -0.4 is 40.4 Å². The van der Waals surface area contributed by atoms with E-state index in [1.54, 1.807) is 30.3 Å². The third kappa shape index (κ3) is 4.41. The van der Waals surface area contributed by atoms with Gasteiger partial charge in [0.15, 0.2) is 5.78 Å². The molecule has 0 aliphatic heterocycles. The van der Waals surface area contributed by atoms with Gasteiger partial charge in [0, 0.05) is 29.2 Å². The average Bonchev–Trinajstić information content (AvgIpc) is 2.63. The van der Waals surface area contributed by atoms with Gasteiger partial charge in [-0.05, 0) is 22.8 Å². The van der Waals surface area contributed by atoms with Crippen molar-refractivity contribution in [1.82, 2.24) is 0 Å². The van der Waals surface area contributed by atoms with E-state index < -0.39 is 5.97 Å². The number of aliphatic carboxylic acids is 1. The van der Waals surface area contributed by atoms with Crippen LogP contribution in [0.25, 0.3) is 11.1 Å². The molecule has 3 aromatic rings. The van der Waals surface area contributed by atoms with Gasteiger partial charge >= 0.3 is 29.6 Å². The number of para-hydroxylation sites is 1. The molecule has 3 aromatic carbocycles. The van der Waals surface area contributed by atoms with Crippen molar-refractivity contribution in [2.75, 3.05) is 5.73 Å². The van der Waals surface area contributed by atoms with E-state index in [1.165, 1.54) is 0 Å². The minimum Gasteiger partial charge on any atom is -0.550 e. The Bertz CT molecular complexity index is 922. The second-order valence-corrected chi connectivity index (χ2v) is 5.70. The maximum Gasteiger partial charge on any atom is 1.00 e. The number of rotatable bonds is 5. The molecule has 0 fully saturated rings. The van der Waals surface area contributed by atoms with E-state index in [9.17, 15) is 14.7 Å². The van der Waals surface area contributed by atoms with E-state index >= 15 is 0 Å². The summed E-state index contributed by atoms with van der Waals surface area (Å²) in [5, 5.41) is 10.8. The third-order valence-electron chi connectivity index (χ3n) is 4.03. The fourth-order valence-electron chi connectivity index (χ4n) is 2.72. The minimum absolute atomic E-state index is 0. The molecule has 0 amide bonds. The van der Waals surface area contributed by atoms with Crippen molar-refractivity contribution in [3.63, 3.8) is 0 Å². The van der Waals surface area contributed by atoms with Gasteiger partial charge in [-0.3, -0.25) is 4.79 Å². The van der Waals surface area contributed by atoms with Crippen LogP contribution in [0.15, 0.2) is 72.8 Å². The standard InChI is InChI=1S/C21H17NO3.Na/c22-20-17(13-19(23)24)7-4-8-18(20)21(25)16-11-9-15(10-12-16)14-5-2-1-3-6-14;/h1-12H,13,22H2,(H,23,24);/q;+1/p-1. The molecule has 0 spiro atoms. The molecule has 0 unspecified atom stereocenters. The predicted octanol–water partition coefficient (Wildman–Crippen LogP) is -0.537. The van der Waals surface area contributed by atoms with Gasteiger partial charge in [-0.25, -0.2) is 0 Å². The fourth-order valence-corrected chi connectivity index (χ4v) is 2.72. The van der Waals surface area contributed by atoms with Crippen LogP contribution in [0.2, 0.25) is 0 Å². The van der Waals surface area contributed by atoms with Crippen LogP contribution in [0, 0.1) is 0 Å². The summed E-state index contributed by atoms with van der Waals surface area (Å²) in [6.45, 7) is 0. The van der Waals surface area contributed by atoms with Gasteiger partial charge in [0.25, 0.3) is 0 Å². The summed E-state index contributed by atoms with van der Waals surface area (Å²) in [5.74, 6) is -1.47. The Hall–Kier alpha value is -2.40. The summed E-state index contributed by atoms with van der Waals surface area (Å²) >= 11 is 0. The van der Waals surface area contributed by atoms with E-state index in [-0.39, 0.29) is 47.4 Å². The molecule has 0 bridgehead atoms. The van der Waals surface area contributed by atoms with Gasteiger partial charge < -0.3 is 15.6 Å². The predicted molar refractivity (Wildman–Crippen MR) is 94.9 cm³/mol. The van der Waals surface area contributed by atoms with E-state index in [0.29, 0.717) is 16.7 Å². The second kappa shape index (κ2) is 8.81. The topological polar surface area (TPSA) is 83.2 Å². The number of benzene rings is 3. The molecule has 26 heavy (non-hydrogen) atoms. The summed E-state index contributed by atoms with van der Waals surface area (Å²) in [6, 6.07) is 21.9. The fraction of sp³-hybridized carbons (Fsp3) is 0.0476. The molecular formula is C21H16NNaO3. The molecule has 3 rings (SSSR count). The van der Waals surface area contributed by atoms with Gasteiger partial charge in [-0.2, -0.15) is 0 Å². The molecule has 0 saturated heterocycles. The largest absolute Gasteiger partial charge is 1.00 e. The number of hydrogen-bond donors (Lipinski definition) is 1. The Morgan fingerprint density at radius 3 is 2.04 bits per heavy atom. The van der Waals surface area contributed by atoms with Crippen LogP contribution in [0.4, 0.5) is 5.69 Å². The average molecular weight is 353 g/mol. The van der Waals surface area contributed by atoms with Crippen LogP contribution in [0.5, 0.6) is 0 Å². The Morgan fingerprint density at radius 1 is 0.808 bits per heavy atom. The van der Waals surface area contributed by atoms with E-state index in [1.807, 2.05) is 42.5 Å². The molecule has 5 heteroatoms. The van der Waals surface area contributed by atoms with E-state index in [0.717, 1.165) is 11.1 Å². The molecule has 0 atom stereocenters. The molecule has 0 radical (unpaired) electrons. The van der Waals surface area contributed by atoms with Gasteiger partial charge in [0.1, 0.15) is 0 Å². The minimum atomic E-state index is -1.23. The molecule has 4 nitrogen and oxygen atoms in total. The maximum absolute atomic E-state index is 12.7. The zero-order chi connectivity index (χ0) is 17.8. The first kappa shape index (κ1) is 19.9. The van der Waals surface area contributed by atoms with Gasteiger partial charge in [0.05, 0.1) is 0 Å². The third-order valence-corrected chi connectivity index (χ3v) is 4.03. The maximum atomic E-state index is 12.7. The van der Waals surface area contributed by atoms with Crippen LogP contribution in [0.3, 0.4) is 0 Å². The zero-order valence-electron chi connectivity index (χ0n) is 14.4. The normalized spacial score (nSPS) is 10.0. The molecule has 124 valence electrons. The van der Waals surface area contributed by atoms with Crippen molar-refractivity contribution in [2.45, 2.75) is 6.42 Å². The quantitative estimate of drug-likeness (QED) is 0.380. The SMILES string of the molecule is Nc1c(CC(=O)[O-])cccc1C(=O)c1ccc(-c2ccccc2)cc1.[Na+]. The van der Waals surface area contributed by atoms with E-state index in [4.69, 9.17) is 5.73 Å². The number of nitrogen functional groups attached to an aromatic ring is 1. The van der Waals surface area contributed by atoms with Crippen LogP contribution in [0.1, 0.15) is 21.5 Å². The van der Waals surface area contributed by atoms with Crippen LogP contribution >= 0.6 is 0 Å². The number of hydrogen-bond acceptors (Lipinski definition) is 4. The van der Waals surface area contributed by atoms with Crippen LogP contribution in [-0.2, 0) is 11.2 Å². The second-order valence-electron chi connectivity index (χ2n) is 5.70. The number of anilines is 1. The Kier molecular flexibility index (Phi) is 6.75. The van der Waals surface area contributed by atoms with E-state index in [2.05, 4.69) is 0 Å². The van der Waals surface area contributed by atoms with Gasteiger partial charge in [-0.15, -0.1) is 0 Å². The number of carbonyl (C=O) groups excluding carboxylic acids is 2. The Morgan fingerprint density at radius 2 is 1.42 bits per heavy atom. The van der Waals surface area contributed by atoms with Crippen molar-refractivity contribution in [3.05, 3.63) is 89.5 Å². The smallest absolute Gasteiger partial charge is 0.550 e. The monoisotopic (exact) mass is 353 g/mol. The molecule has 0 aliphatic rings. The molecule has 0 aromatic heterocycles. The number of nitrogens with two attached hydrogens (primary N) is 1. The first-order valence-corrected chi connectivity index (χ1v) is 7.83. The summed E-state index contributed by atoms with van der Waals surface area (Å²) in [4.78, 5) is 23.5. The molecule has 0 heterocycles. The first-order valence-electron chi connectivity index (χ1n) is 7.83. The molecule has 0 saturated carbocycles. The van der Waals surface area contributed by atoms with Crippen molar-refractivity contribution >= 4 is 17.4 Å². The zero-order valence-corrected chi connectivity index (χ0v) is 16.4. The summed E-state index contributed by atoms with van der Waals surface area (Å²) in [6.07, 6.45) is -0.320. The van der Waals surface area contributed by atoms with Gasteiger partial charge in [-0.1, -0.05) is 66.7 Å². The summed E-state index contributed by atoms with van der Waals surface area (Å²) < 4.78 is 0. The van der Waals surface area contributed by atoms with Crippen molar-refractivity contribution in [2.24, 2.45) is 0 Å². The number of carbonyl (C=O) groups is 2. The Labute approximate surface area is 174 Å².